The van der Waals surface area contributed by atoms with Crippen LogP contribution >= 0.6 is 11.5 Å². The summed E-state index contributed by atoms with van der Waals surface area (Å²) in [6, 6.07) is 4.16. The van der Waals surface area contributed by atoms with Crippen LogP contribution in [0.1, 0.15) is 11.4 Å². The minimum atomic E-state index is -4.81. The highest BCUT2D eigenvalue weighted by Crippen LogP contribution is 2.39. The zero-order valence-electron chi connectivity index (χ0n) is 20.8. The number of aromatic nitrogens is 6. The lowest BCUT2D eigenvalue weighted by Gasteiger charge is -2.15. The van der Waals surface area contributed by atoms with Crippen molar-refractivity contribution in [3.05, 3.63) is 35.9 Å². The fourth-order valence-electron chi connectivity index (χ4n) is 3.47. The molecule has 9 nitrogen and oxygen atoms in total. The zero-order valence-corrected chi connectivity index (χ0v) is 23.4. The van der Waals surface area contributed by atoms with Crippen LogP contribution in [0.3, 0.4) is 0 Å². The third-order valence-corrected chi connectivity index (χ3v) is 8.75. The Balaban J connectivity index is 1.89. The number of sulfone groups is 1. The Morgan fingerprint density at radius 1 is 1.14 bits per heavy atom. The normalized spacial score (nSPS) is 13.0. The van der Waals surface area contributed by atoms with Crippen LogP contribution in [-0.4, -0.2) is 58.2 Å². The van der Waals surface area contributed by atoms with Crippen LogP contribution in [0.5, 0.6) is 0 Å². The molecule has 0 radical (unpaired) electrons. The van der Waals surface area contributed by atoms with E-state index in [1.54, 1.807) is 23.6 Å². The van der Waals surface area contributed by atoms with Crippen molar-refractivity contribution in [3.63, 3.8) is 0 Å². The summed E-state index contributed by atoms with van der Waals surface area (Å²) >= 11 is 1.16. The maximum Gasteiger partial charge on any atom is 0.419 e. The van der Waals surface area contributed by atoms with Gasteiger partial charge in [-0.1, -0.05) is 19.6 Å². The van der Waals surface area contributed by atoms with Gasteiger partial charge in [0.2, 0.25) is 15.0 Å². The van der Waals surface area contributed by atoms with E-state index < -0.39 is 40.5 Å². The van der Waals surface area contributed by atoms with Crippen LogP contribution in [0.2, 0.25) is 25.7 Å². The molecule has 4 heterocycles. The van der Waals surface area contributed by atoms with Crippen LogP contribution in [0.25, 0.3) is 33.0 Å². The van der Waals surface area contributed by atoms with Gasteiger partial charge in [0.25, 0.3) is 0 Å². The van der Waals surface area contributed by atoms with Crippen LogP contribution in [-0.2, 0) is 27.5 Å². The molecule has 15 heteroatoms. The Kier molecular flexibility index (Phi) is 7.26. The first-order valence-corrected chi connectivity index (χ1v) is 17.5. The molecule has 0 N–H and O–H groups in total. The van der Waals surface area contributed by atoms with Gasteiger partial charge >= 0.3 is 6.18 Å². The summed E-state index contributed by atoms with van der Waals surface area (Å²) in [5.74, 6) is 0.580. The molecular formula is C22H25F3N6O3S2Si. The van der Waals surface area contributed by atoms with Gasteiger partial charge in [-0.3, -0.25) is 0 Å². The number of ether oxygens (including phenoxy) is 1. The Morgan fingerprint density at radius 3 is 2.46 bits per heavy atom. The SMILES string of the molecule is Cc1nsc(-c2ccc3c(-c4nc(S(C)(=O)=O)ncc4C(F)(F)F)cn(COCC[Si](C)(C)C)c3n2)n1. The maximum absolute atomic E-state index is 13.9. The van der Waals surface area contributed by atoms with E-state index in [4.69, 9.17) is 4.74 Å². The second-order valence-corrected chi connectivity index (χ2v) is 18.0. The molecule has 0 bridgehead atoms. The van der Waals surface area contributed by atoms with Gasteiger partial charge in [-0.15, -0.1) is 0 Å². The van der Waals surface area contributed by atoms with E-state index in [1.165, 1.54) is 6.20 Å². The number of hydrogen-bond acceptors (Lipinski definition) is 9. The van der Waals surface area contributed by atoms with Gasteiger partial charge in [0.05, 0.1) is 5.69 Å². The molecule has 0 atom stereocenters. The van der Waals surface area contributed by atoms with E-state index in [2.05, 4.69) is 44.0 Å². The second-order valence-electron chi connectivity index (χ2n) is 9.76. The Morgan fingerprint density at radius 2 is 1.86 bits per heavy atom. The predicted molar refractivity (Wildman–Crippen MR) is 137 cm³/mol. The van der Waals surface area contributed by atoms with Gasteiger partial charge in [0, 0.05) is 44.3 Å². The predicted octanol–water partition coefficient (Wildman–Crippen LogP) is 5.05. The van der Waals surface area contributed by atoms with Gasteiger partial charge in [-0.05, 0) is 36.6 Å². The molecule has 0 unspecified atom stereocenters. The molecule has 0 aromatic carbocycles. The summed E-state index contributed by atoms with van der Waals surface area (Å²) in [4.78, 5) is 16.3. The Bertz CT molecular complexity index is 1560. The first-order chi connectivity index (χ1) is 17.1. The van der Waals surface area contributed by atoms with E-state index in [9.17, 15) is 21.6 Å². The average Bonchev–Trinajstić information content (AvgIpc) is 3.38. The summed E-state index contributed by atoms with van der Waals surface area (Å²) in [5.41, 5.74) is -0.781. The van der Waals surface area contributed by atoms with Crippen LogP contribution < -0.4 is 0 Å². The number of hydrogen-bond donors (Lipinski definition) is 0. The Labute approximate surface area is 216 Å². The fraction of sp³-hybridized carbons (Fsp3) is 0.409. The molecule has 0 saturated heterocycles. The number of nitrogens with zero attached hydrogens (tertiary/aromatic N) is 6. The van der Waals surface area contributed by atoms with Crippen LogP contribution in [0, 0.1) is 6.92 Å². The van der Waals surface area contributed by atoms with Crippen molar-refractivity contribution in [3.8, 4) is 22.0 Å². The van der Waals surface area contributed by atoms with Crippen LogP contribution in [0.4, 0.5) is 13.2 Å². The van der Waals surface area contributed by atoms with E-state index in [-0.39, 0.29) is 12.3 Å². The number of halogens is 3. The first-order valence-electron chi connectivity index (χ1n) is 11.2. The standard InChI is InChI=1S/C22H25F3N6O3S2Si/c1-13-27-20(35-30-13)17-7-6-14-15(11-31(19(14)28-17)12-34-8-9-37(3,4)5)18-16(22(23,24)25)10-26-21(29-18)36(2,32)33/h6-7,10-11H,8-9,12H2,1-5H3. The monoisotopic (exact) mass is 570 g/mol. The van der Waals surface area contributed by atoms with Crippen molar-refractivity contribution in [2.24, 2.45) is 0 Å². The molecule has 0 aliphatic heterocycles. The molecule has 198 valence electrons. The summed E-state index contributed by atoms with van der Waals surface area (Å²) in [7, 11) is -5.32. The lowest BCUT2D eigenvalue weighted by Crippen LogP contribution is -2.22. The average molecular weight is 571 g/mol. The van der Waals surface area contributed by atoms with Crippen molar-refractivity contribution >= 4 is 40.5 Å². The van der Waals surface area contributed by atoms with Gasteiger partial charge in [0.1, 0.15) is 29.5 Å². The van der Waals surface area contributed by atoms with Gasteiger partial charge < -0.3 is 9.30 Å². The molecule has 0 aliphatic carbocycles. The third-order valence-electron chi connectivity index (χ3n) is 5.35. The van der Waals surface area contributed by atoms with E-state index >= 15 is 0 Å². The molecule has 37 heavy (non-hydrogen) atoms. The summed E-state index contributed by atoms with van der Waals surface area (Å²) in [6.07, 6.45) is -2.03. The van der Waals surface area contributed by atoms with Gasteiger partial charge in [-0.2, -0.15) is 17.5 Å². The van der Waals surface area contributed by atoms with Crippen molar-refractivity contribution in [1.82, 2.24) is 28.9 Å². The Hall–Kier alpha value is -2.75. The highest BCUT2D eigenvalue weighted by atomic mass is 32.2. The highest BCUT2D eigenvalue weighted by Gasteiger charge is 2.37. The van der Waals surface area contributed by atoms with E-state index in [1.807, 2.05) is 0 Å². The number of rotatable bonds is 8. The molecule has 0 amide bonds. The van der Waals surface area contributed by atoms with Crippen molar-refractivity contribution in [2.45, 2.75) is 50.7 Å². The molecule has 0 saturated carbocycles. The number of fused-ring (bicyclic) bond motifs is 1. The topological polar surface area (TPSA) is 113 Å². The minimum absolute atomic E-state index is 0.0396. The zero-order chi connectivity index (χ0) is 27.2. The second kappa shape index (κ2) is 9.85. The fourth-order valence-corrected chi connectivity index (χ4v) is 5.37. The van der Waals surface area contributed by atoms with Crippen molar-refractivity contribution in [2.75, 3.05) is 12.9 Å². The molecule has 4 aromatic heterocycles. The quantitative estimate of drug-likeness (QED) is 0.164. The third kappa shape index (κ3) is 6.22. The molecule has 0 aliphatic rings. The lowest BCUT2D eigenvalue weighted by atomic mass is 10.1. The number of aryl methyl sites for hydroxylation is 1. The number of pyridine rings is 1. The molecule has 4 rings (SSSR count). The largest absolute Gasteiger partial charge is 0.419 e. The summed E-state index contributed by atoms with van der Waals surface area (Å²) < 4.78 is 77.5. The van der Waals surface area contributed by atoms with Gasteiger partial charge in [0.15, 0.2) is 5.01 Å². The van der Waals surface area contributed by atoms with E-state index in [0.717, 1.165) is 23.8 Å². The van der Waals surface area contributed by atoms with E-state index in [0.29, 0.717) is 40.4 Å². The van der Waals surface area contributed by atoms with Crippen molar-refractivity contribution in [1.29, 1.82) is 0 Å². The molecule has 0 fully saturated rings. The van der Waals surface area contributed by atoms with Crippen molar-refractivity contribution < 1.29 is 26.3 Å². The smallest absolute Gasteiger partial charge is 0.361 e. The highest BCUT2D eigenvalue weighted by molar-refractivity contribution is 7.90. The molecule has 4 aromatic rings. The summed E-state index contributed by atoms with van der Waals surface area (Å²) in [5, 5.41) is 0.213. The first kappa shape index (κ1) is 27.3. The summed E-state index contributed by atoms with van der Waals surface area (Å²) in [6.45, 7) is 8.91. The number of alkyl halides is 3. The molecular weight excluding hydrogens is 545 g/mol. The van der Waals surface area contributed by atoms with Gasteiger partial charge in [-0.25, -0.2) is 28.4 Å². The maximum atomic E-state index is 13.9. The molecule has 0 spiro atoms. The minimum Gasteiger partial charge on any atom is -0.361 e. The van der Waals surface area contributed by atoms with Crippen LogP contribution in [0.15, 0.2) is 29.7 Å². The lowest BCUT2D eigenvalue weighted by molar-refractivity contribution is -0.137.